The van der Waals surface area contributed by atoms with Crippen molar-refractivity contribution in [2.75, 3.05) is 0 Å². The van der Waals surface area contributed by atoms with Crippen molar-refractivity contribution in [1.29, 1.82) is 0 Å². The van der Waals surface area contributed by atoms with E-state index in [9.17, 15) is 4.79 Å². The topological polar surface area (TPSA) is 42.0 Å². The van der Waals surface area contributed by atoms with Gasteiger partial charge in [-0.2, -0.15) is 0 Å². The number of hydrogen-bond donors (Lipinski definition) is 1. The monoisotopic (exact) mass is 356 g/mol. The van der Waals surface area contributed by atoms with E-state index >= 15 is 0 Å². The predicted molar refractivity (Wildman–Crippen MR) is 102 cm³/mol. The first kappa shape index (κ1) is 16.9. The van der Waals surface area contributed by atoms with Crippen LogP contribution in [0.1, 0.15) is 35.3 Å². The zero-order chi connectivity index (χ0) is 17.1. The Bertz CT molecular complexity index is 837. The number of carbonyl (C=O) groups excluding carboxylic acids is 1. The summed E-state index contributed by atoms with van der Waals surface area (Å²) in [5.41, 5.74) is 4.40. The average molecular weight is 357 g/mol. The molecule has 1 aromatic carbocycles. The van der Waals surface area contributed by atoms with Gasteiger partial charge in [0, 0.05) is 5.38 Å². The SMILES string of the molecule is Cc1ccc(C)c(C(C)NC(=O)Cc2csc(-c3cccs3)n2)c1. The molecule has 0 aliphatic rings. The lowest BCUT2D eigenvalue weighted by Gasteiger charge is -2.17. The molecule has 0 fully saturated rings. The highest BCUT2D eigenvalue weighted by atomic mass is 32.1. The standard InChI is InChI=1S/C19H20N2OS2/c1-12-6-7-13(2)16(9-12)14(3)20-18(22)10-15-11-24-19(21-15)17-5-4-8-23-17/h4-9,11,14H,10H2,1-3H3,(H,20,22). The summed E-state index contributed by atoms with van der Waals surface area (Å²) in [7, 11) is 0. The minimum absolute atomic E-state index is 0.00596. The number of aryl methyl sites for hydroxylation is 2. The van der Waals surface area contributed by atoms with Gasteiger partial charge in [-0.3, -0.25) is 4.79 Å². The number of rotatable bonds is 5. The van der Waals surface area contributed by atoms with Gasteiger partial charge in [-0.05, 0) is 43.3 Å². The summed E-state index contributed by atoms with van der Waals surface area (Å²) in [6, 6.07) is 10.4. The van der Waals surface area contributed by atoms with Crippen LogP contribution in [0.4, 0.5) is 0 Å². The number of thiophene rings is 1. The number of benzene rings is 1. The van der Waals surface area contributed by atoms with E-state index in [2.05, 4.69) is 48.4 Å². The summed E-state index contributed by atoms with van der Waals surface area (Å²) in [6.07, 6.45) is 0.317. The fraction of sp³-hybridized carbons (Fsp3) is 0.263. The summed E-state index contributed by atoms with van der Waals surface area (Å²) in [5, 5.41) is 8.07. The Morgan fingerprint density at radius 3 is 2.83 bits per heavy atom. The Balaban J connectivity index is 1.64. The van der Waals surface area contributed by atoms with Crippen LogP contribution in [0.2, 0.25) is 0 Å². The van der Waals surface area contributed by atoms with Crippen LogP contribution in [0.15, 0.2) is 41.1 Å². The van der Waals surface area contributed by atoms with Crippen molar-refractivity contribution in [3.05, 3.63) is 63.5 Å². The maximum atomic E-state index is 12.3. The lowest BCUT2D eigenvalue weighted by Crippen LogP contribution is -2.28. The van der Waals surface area contributed by atoms with E-state index < -0.39 is 0 Å². The molecule has 0 bridgehead atoms. The van der Waals surface area contributed by atoms with Crippen molar-refractivity contribution >= 4 is 28.6 Å². The summed E-state index contributed by atoms with van der Waals surface area (Å²) < 4.78 is 0. The Morgan fingerprint density at radius 1 is 1.25 bits per heavy atom. The largest absolute Gasteiger partial charge is 0.349 e. The van der Waals surface area contributed by atoms with Gasteiger partial charge in [0.15, 0.2) is 0 Å². The molecular formula is C19H20N2OS2. The second-order valence-electron chi connectivity index (χ2n) is 5.95. The molecule has 0 radical (unpaired) electrons. The minimum atomic E-state index is -0.00666. The van der Waals surface area contributed by atoms with Crippen LogP contribution < -0.4 is 5.32 Å². The van der Waals surface area contributed by atoms with E-state index in [0.29, 0.717) is 6.42 Å². The van der Waals surface area contributed by atoms with Crippen LogP contribution in [0.5, 0.6) is 0 Å². The normalized spacial score (nSPS) is 12.1. The van der Waals surface area contributed by atoms with Gasteiger partial charge in [0.1, 0.15) is 5.01 Å². The van der Waals surface area contributed by atoms with E-state index in [1.165, 1.54) is 16.7 Å². The highest BCUT2D eigenvalue weighted by molar-refractivity contribution is 7.20. The van der Waals surface area contributed by atoms with Gasteiger partial charge >= 0.3 is 0 Å². The number of thiazole rings is 1. The van der Waals surface area contributed by atoms with Crippen molar-refractivity contribution in [3.8, 4) is 9.88 Å². The molecule has 0 saturated carbocycles. The van der Waals surface area contributed by atoms with Gasteiger partial charge in [0.25, 0.3) is 0 Å². The van der Waals surface area contributed by atoms with Crippen molar-refractivity contribution in [2.45, 2.75) is 33.2 Å². The summed E-state index contributed by atoms with van der Waals surface area (Å²) >= 11 is 3.25. The molecule has 3 nitrogen and oxygen atoms in total. The number of nitrogens with zero attached hydrogens (tertiary/aromatic N) is 1. The van der Waals surface area contributed by atoms with Gasteiger partial charge in [-0.25, -0.2) is 4.98 Å². The van der Waals surface area contributed by atoms with Crippen molar-refractivity contribution in [2.24, 2.45) is 0 Å². The molecule has 2 heterocycles. The number of aromatic nitrogens is 1. The second-order valence-corrected chi connectivity index (χ2v) is 7.75. The molecule has 1 N–H and O–H groups in total. The van der Waals surface area contributed by atoms with E-state index in [0.717, 1.165) is 15.6 Å². The first-order valence-corrected chi connectivity index (χ1v) is 9.63. The van der Waals surface area contributed by atoms with Gasteiger partial charge in [-0.1, -0.05) is 29.8 Å². The number of nitrogens with one attached hydrogen (secondary N) is 1. The molecule has 1 unspecified atom stereocenters. The lowest BCUT2D eigenvalue weighted by atomic mass is 10.00. The third-order valence-electron chi connectivity index (χ3n) is 3.90. The van der Waals surface area contributed by atoms with Crippen LogP contribution in [0, 0.1) is 13.8 Å². The lowest BCUT2D eigenvalue weighted by molar-refractivity contribution is -0.121. The van der Waals surface area contributed by atoms with Crippen LogP contribution >= 0.6 is 22.7 Å². The maximum absolute atomic E-state index is 12.3. The average Bonchev–Trinajstić information content (AvgIpc) is 3.20. The quantitative estimate of drug-likeness (QED) is 0.706. The number of carbonyl (C=O) groups is 1. The first-order valence-electron chi connectivity index (χ1n) is 7.87. The van der Waals surface area contributed by atoms with Gasteiger partial charge < -0.3 is 5.32 Å². The van der Waals surface area contributed by atoms with E-state index in [1.807, 2.05) is 23.8 Å². The van der Waals surface area contributed by atoms with Crippen molar-refractivity contribution in [3.63, 3.8) is 0 Å². The van der Waals surface area contributed by atoms with Gasteiger partial charge in [0.05, 0.1) is 23.0 Å². The Labute approximate surface area is 150 Å². The molecule has 1 atom stereocenters. The molecule has 0 aliphatic carbocycles. The maximum Gasteiger partial charge on any atom is 0.226 e. The predicted octanol–water partition coefficient (Wildman–Crippen LogP) is 4.91. The second kappa shape index (κ2) is 7.28. The molecule has 24 heavy (non-hydrogen) atoms. The third-order valence-corrected chi connectivity index (χ3v) is 5.83. The molecule has 1 amide bonds. The number of hydrogen-bond acceptors (Lipinski definition) is 4. The zero-order valence-electron chi connectivity index (χ0n) is 14.0. The van der Waals surface area contributed by atoms with E-state index in [1.54, 1.807) is 22.7 Å². The molecular weight excluding hydrogens is 336 g/mol. The summed E-state index contributed by atoms with van der Waals surface area (Å²) in [4.78, 5) is 18.1. The fourth-order valence-corrected chi connectivity index (χ4v) is 4.30. The van der Waals surface area contributed by atoms with Crippen LogP contribution in [-0.4, -0.2) is 10.9 Å². The van der Waals surface area contributed by atoms with Crippen molar-refractivity contribution in [1.82, 2.24) is 10.3 Å². The molecule has 124 valence electrons. The molecule has 5 heteroatoms. The summed E-state index contributed by atoms with van der Waals surface area (Å²) in [5.74, 6) is 0.00596. The molecule has 3 rings (SSSR count). The van der Waals surface area contributed by atoms with Crippen molar-refractivity contribution < 1.29 is 4.79 Å². The summed E-state index contributed by atoms with van der Waals surface area (Å²) in [6.45, 7) is 6.17. The van der Waals surface area contributed by atoms with Gasteiger partial charge in [-0.15, -0.1) is 22.7 Å². The van der Waals surface area contributed by atoms with Crippen LogP contribution in [-0.2, 0) is 11.2 Å². The highest BCUT2D eigenvalue weighted by Gasteiger charge is 2.14. The molecule has 0 saturated heterocycles. The van der Waals surface area contributed by atoms with E-state index in [4.69, 9.17) is 0 Å². The van der Waals surface area contributed by atoms with Gasteiger partial charge in [0.2, 0.25) is 5.91 Å². The number of amides is 1. The Hall–Kier alpha value is -1.98. The molecule has 0 spiro atoms. The van der Waals surface area contributed by atoms with E-state index in [-0.39, 0.29) is 11.9 Å². The first-order chi connectivity index (χ1) is 11.5. The molecule has 3 aromatic rings. The highest BCUT2D eigenvalue weighted by Crippen LogP contribution is 2.28. The van der Waals surface area contributed by atoms with Crippen LogP contribution in [0.25, 0.3) is 9.88 Å². The van der Waals surface area contributed by atoms with Crippen LogP contribution in [0.3, 0.4) is 0 Å². The molecule has 0 aliphatic heterocycles. The fourth-order valence-electron chi connectivity index (χ4n) is 2.66. The minimum Gasteiger partial charge on any atom is -0.349 e. The zero-order valence-corrected chi connectivity index (χ0v) is 15.6. The molecule has 2 aromatic heterocycles. The third kappa shape index (κ3) is 3.91. The smallest absolute Gasteiger partial charge is 0.226 e. The Morgan fingerprint density at radius 2 is 2.08 bits per heavy atom. The Kier molecular flexibility index (Phi) is 5.11.